The summed E-state index contributed by atoms with van der Waals surface area (Å²) >= 11 is 0. The lowest BCUT2D eigenvalue weighted by atomic mass is 9.99. The van der Waals surface area contributed by atoms with E-state index < -0.39 is 0 Å². The maximum Gasteiger partial charge on any atom is 0.231 e. The smallest absolute Gasteiger partial charge is 0.231 e. The van der Waals surface area contributed by atoms with E-state index in [1.54, 1.807) is 27.4 Å². The Kier molecular flexibility index (Phi) is 6.09. The number of ketones is 1. The zero-order valence-corrected chi connectivity index (χ0v) is 20.2. The molecule has 5 rings (SSSR count). The van der Waals surface area contributed by atoms with Gasteiger partial charge in [-0.05, 0) is 54.5 Å². The van der Waals surface area contributed by atoms with Crippen LogP contribution < -0.4 is 23.7 Å². The highest BCUT2D eigenvalue weighted by atomic mass is 16.5. The van der Waals surface area contributed by atoms with Crippen molar-refractivity contribution in [3.8, 4) is 28.7 Å². The van der Waals surface area contributed by atoms with Crippen LogP contribution in [-0.4, -0.2) is 38.7 Å². The first kappa shape index (κ1) is 22.8. The summed E-state index contributed by atoms with van der Waals surface area (Å²) in [5.74, 6) is 3.67. The van der Waals surface area contributed by atoms with Crippen molar-refractivity contribution in [1.29, 1.82) is 0 Å². The predicted molar refractivity (Wildman–Crippen MR) is 131 cm³/mol. The molecule has 35 heavy (non-hydrogen) atoms. The van der Waals surface area contributed by atoms with E-state index in [1.807, 2.05) is 55.5 Å². The van der Waals surface area contributed by atoms with Crippen molar-refractivity contribution in [2.75, 3.05) is 28.1 Å². The van der Waals surface area contributed by atoms with E-state index >= 15 is 0 Å². The highest BCUT2D eigenvalue weighted by molar-refractivity contribution is 6.15. The molecule has 0 aliphatic carbocycles. The normalized spacial score (nSPS) is 15.8. The third kappa shape index (κ3) is 4.31. The number of nitrogens with zero attached hydrogens (tertiary/aromatic N) is 1. The summed E-state index contributed by atoms with van der Waals surface area (Å²) in [4.78, 5) is 15.3. The average Bonchev–Trinajstić information content (AvgIpc) is 3.19. The molecule has 0 aromatic heterocycles. The van der Waals surface area contributed by atoms with Crippen LogP contribution in [0.1, 0.15) is 32.6 Å². The number of carbonyl (C=O) groups is 1. The molecule has 2 aliphatic heterocycles. The molecule has 0 spiro atoms. The van der Waals surface area contributed by atoms with E-state index in [0.29, 0.717) is 48.4 Å². The predicted octanol–water partition coefficient (Wildman–Crippen LogP) is 4.99. The van der Waals surface area contributed by atoms with Crippen molar-refractivity contribution < 1.29 is 28.5 Å². The van der Waals surface area contributed by atoms with Gasteiger partial charge in [0.15, 0.2) is 17.3 Å². The van der Waals surface area contributed by atoms with Crippen LogP contribution in [-0.2, 0) is 13.1 Å². The van der Waals surface area contributed by atoms with Gasteiger partial charge in [0.25, 0.3) is 0 Å². The van der Waals surface area contributed by atoms with Gasteiger partial charge in [0.05, 0.1) is 26.9 Å². The molecule has 2 aliphatic rings. The minimum atomic E-state index is -0.126. The Morgan fingerprint density at radius 1 is 0.943 bits per heavy atom. The molecular weight excluding hydrogens is 446 g/mol. The van der Waals surface area contributed by atoms with Crippen molar-refractivity contribution in [1.82, 2.24) is 4.90 Å². The minimum absolute atomic E-state index is 0.126. The molecular formula is C28H27NO6. The monoisotopic (exact) mass is 473 g/mol. The molecule has 0 unspecified atom stereocenters. The van der Waals surface area contributed by atoms with E-state index in [1.165, 1.54) is 0 Å². The SMILES string of the molecule is COc1ccc(/C=C2\Oc3c(cc4c(c3C)OCN(Cc3ccc(OC)c(OC)c3)C4)C2=O)cc1. The topological polar surface area (TPSA) is 66.5 Å². The molecule has 0 fully saturated rings. The number of carbonyl (C=O) groups excluding carboxylic acids is 1. The first-order chi connectivity index (χ1) is 17.0. The molecule has 0 saturated heterocycles. The number of methoxy groups -OCH3 is 3. The van der Waals surface area contributed by atoms with Crippen LogP contribution >= 0.6 is 0 Å². The van der Waals surface area contributed by atoms with Gasteiger partial charge >= 0.3 is 0 Å². The van der Waals surface area contributed by atoms with Crippen LogP contribution in [0.4, 0.5) is 0 Å². The number of allylic oxidation sites excluding steroid dienone is 1. The van der Waals surface area contributed by atoms with Crippen LogP contribution in [0.15, 0.2) is 54.3 Å². The van der Waals surface area contributed by atoms with Crippen LogP contribution in [0.3, 0.4) is 0 Å². The van der Waals surface area contributed by atoms with Crippen molar-refractivity contribution in [2.45, 2.75) is 20.0 Å². The molecule has 3 aromatic carbocycles. The number of benzene rings is 3. The van der Waals surface area contributed by atoms with Crippen molar-refractivity contribution in [2.24, 2.45) is 0 Å². The molecule has 0 amide bonds. The summed E-state index contributed by atoms with van der Waals surface area (Å²) in [7, 11) is 4.87. The van der Waals surface area contributed by atoms with E-state index in [2.05, 4.69) is 4.90 Å². The molecule has 0 bridgehead atoms. The average molecular weight is 474 g/mol. The lowest BCUT2D eigenvalue weighted by Gasteiger charge is -2.30. The van der Waals surface area contributed by atoms with Gasteiger partial charge in [0.2, 0.25) is 5.78 Å². The highest BCUT2D eigenvalue weighted by Gasteiger charge is 2.33. The molecule has 0 atom stereocenters. The number of fused-ring (bicyclic) bond motifs is 2. The van der Waals surface area contributed by atoms with E-state index in [-0.39, 0.29) is 5.78 Å². The quantitative estimate of drug-likeness (QED) is 0.467. The summed E-state index contributed by atoms with van der Waals surface area (Å²) in [6.45, 7) is 3.69. The van der Waals surface area contributed by atoms with E-state index in [9.17, 15) is 4.79 Å². The maximum absolute atomic E-state index is 13.2. The summed E-state index contributed by atoms with van der Waals surface area (Å²) in [5.41, 5.74) is 4.32. The third-order valence-corrected chi connectivity index (χ3v) is 6.27. The summed E-state index contributed by atoms with van der Waals surface area (Å²) in [5, 5.41) is 0. The Labute approximate surface area is 204 Å². The standard InChI is InChI=1S/C28H27NO6/c1-17-27-20(15-29(16-34-27)14-19-7-10-23(32-3)24(12-19)33-4)13-22-26(30)25(35-28(17)22)11-18-5-8-21(31-2)9-6-18/h5-13H,14-16H2,1-4H3/b25-11-. The number of rotatable bonds is 6. The van der Waals surface area contributed by atoms with Gasteiger partial charge in [-0.15, -0.1) is 0 Å². The molecule has 7 nitrogen and oxygen atoms in total. The van der Waals surface area contributed by atoms with Crippen LogP contribution in [0.5, 0.6) is 28.7 Å². The van der Waals surface area contributed by atoms with E-state index in [4.69, 9.17) is 23.7 Å². The molecule has 7 heteroatoms. The lowest BCUT2D eigenvalue weighted by Crippen LogP contribution is -2.32. The maximum atomic E-state index is 13.2. The van der Waals surface area contributed by atoms with Crippen molar-refractivity contribution in [3.05, 3.63) is 82.1 Å². The summed E-state index contributed by atoms with van der Waals surface area (Å²) in [6, 6.07) is 15.3. The number of ether oxygens (including phenoxy) is 5. The lowest BCUT2D eigenvalue weighted by molar-refractivity contribution is 0.0876. The van der Waals surface area contributed by atoms with Crippen LogP contribution in [0.25, 0.3) is 6.08 Å². The zero-order valence-electron chi connectivity index (χ0n) is 20.2. The fourth-order valence-electron chi connectivity index (χ4n) is 4.49. The molecule has 0 N–H and O–H groups in total. The number of hydrogen-bond acceptors (Lipinski definition) is 7. The zero-order chi connectivity index (χ0) is 24.5. The van der Waals surface area contributed by atoms with Gasteiger partial charge in [0, 0.05) is 24.2 Å². The Balaban J connectivity index is 1.37. The largest absolute Gasteiger partial charge is 0.497 e. The Hall–Kier alpha value is -3.97. The Morgan fingerprint density at radius 3 is 2.43 bits per heavy atom. The molecule has 0 radical (unpaired) electrons. The summed E-state index contributed by atoms with van der Waals surface area (Å²) in [6.07, 6.45) is 1.75. The summed E-state index contributed by atoms with van der Waals surface area (Å²) < 4.78 is 28.1. The molecule has 180 valence electrons. The Morgan fingerprint density at radius 2 is 1.71 bits per heavy atom. The van der Waals surface area contributed by atoms with Gasteiger partial charge in [-0.1, -0.05) is 18.2 Å². The van der Waals surface area contributed by atoms with Crippen LogP contribution in [0.2, 0.25) is 0 Å². The van der Waals surface area contributed by atoms with E-state index in [0.717, 1.165) is 33.8 Å². The minimum Gasteiger partial charge on any atom is -0.497 e. The first-order valence-corrected chi connectivity index (χ1v) is 11.3. The van der Waals surface area contributed by atoms with Crippen molar-refractivity contribution in [3.63, 3.8) is 0 Å². The number of Topliss-reactive ketones (excluding diaryl/α,β-unsaturated/α-hetero) is 1. The molecule has 3 aromatic rings. The van der Waals surface area contributed by atoms with Gasteiger partial charge in [-0.3, -0.25) is 9.69 Å². The third-order valence-electron chi connectivity index (χ3n) is 6.27. The second-order valence-electron chi connectivity index (χ2n) is 8.53. The van der Waals surface area contributed by atoms with Gasteiger partial charge in [-0.2, -0.15) is 0 Å². The first-order valence-electron chi connectivity index (χ1n) is 11.3. The van der Waals surface area contributed by atoms with Gasteiger partial charge in [0.1, 0.15) is 24.0 Å². The fraction of sp³-hybridized carbons (Fsp3) is 0.250. The molecule has 0 saturated carbocycles. The second kappa shape index (κ2) is 9.35. The highest BCUT2D eigenvalue weighted by Crippen LogP contribution is 2.43. The Bertz CT molecular complexity index is 1310. The van der Waals surface area contributed by atoms with Gasteiger partial charge in [-0.25, -0.2) is 0 Å². The van der Waals surface area contributed by atoms with Crippen LogP contribution in [0, 0.1) is 6.92 Å². The second-order valence-corrected chi connectivity index (χ2v) is 8.53. The van der Waals surface area contributed by atoms with Gasteiger partial charge < -0.3 is 23.7 Å². The van der Waals surface area contributed by atoms with Crippen molar-refractivity contribution >= 4 is 11.9 Å². The fourth-order valence-corrected chi connectivity index (χ4v) is 4.49. The number of hydrogen-bond donors (Lipinski definition) is 0. The molecule has 2 heterocycles.